The SMILES string of the molecule is Cc1c(Nc2ccnc(C3CC3)n2)cnn1-c1ccccc1. The number of hydrogen-bond donors (Lipinski definition) is 1. The molecule has 4 rings (SSSR count). The van der Waals surface area contributed by atoms with Gasteiger partial charge in [-0.1, -0.05) is 18.2 Å². The Morgan fingerprint density at radius 2 is 1.95 bits per heavy atom. The molecule has 5 heteroatoms. The van der Waals surface area contributed by atoms with Gasteiger partial charge in [0.2, 0.25) is 0 Å². The van der Waals surface area contributed by atoms with Gasteiger partial charge in [-0.05, 0) is 38.0 Å². The largest absolute Gasteiger partial charge is 0.337 e. The van der Waals surface area contributed by atoms with Crippen molar-refractivity contribution in [3.63, 3.8) is 0 Å². The molecule has 1 fully saturated rings. The zero-order valence-corrected chi connectivity index (χ0v) is 12.4. The molecule has 0 saturated heterocycles. The average Bonchev–Trinajstić information content (AvgIpc) is 3.35. The van der Waals surface area contributed by atoms with E-state index in [1.807, 2.05) is 60.4 Å². The van der Waals surface area contributed by atoms with E-state index in [1.165, 1.54) is 12.8 Å². The fraction of sp³-hybridized carbons (Fsp3) is 0.235. The number of rotatable bonds is 4. The summed E-state index contributed by atoms with van der Waals surface area (Å²) in [6.07, 6.45) is 6.06. The standard InChI is InChI=1S/C17H17N5/c1-12-15(11-19-22(12)14-5-3-2-4-6-14)20-16-9-10-18-17(21-16)13-7-8-13/h2-6,9-11,13H,7-8H2,1H3,(H,18,20,21). The summed E-state index contributed by atoms with van der Waals surface area (Å²) in [5, 5.41) is 7.81. The Balaban J connectivity index is 1.61. The first-order valence-corrected chi connectivity index (χ1v) is 7.51. The van der Waals surface area contributed by atoms with E-state index in [0.29, 0.717) is 5.92 Å². The summed E-state index contributed by atoms with van der Waals surface area (Å²) in [5.41, 5.74) is 3.07. The molecule has 0 radical (unpaired) electrons. The molecule has 0 atom stereocenters. The summed E-state index contributed by atoms with van der Waals surface area (Å²) in [6.45, 7) is 2.05. The zero-order chi connectivity index (χ0) is 14.9. The van der Waals surface area contributed by atoms with Gasteiger partial charge in [-0.3, -0.25) is 0 Å². The molecule has 0 unspecified atom stereocenters. The lowest BCUT2D eigenvalue weighted by molar-refractivity contribution is 0.847. The molecule has 1 N–H and O–H groups in total. The minimum Gasteiger partial charge on any atom is -0.337 e. The molecule has 1 aliphatic rings. The Kier molecular flexibility index (Phi) is 3.11. The van der Waals surface area contributed by atoms with Crippen LogP contribution in [-0.4, -0.2) is 19.7 Å². The first-order valence-electron chi connectivity index (χ1n) is 7.51. The smallest absolute Gasteiger partial charge is 0.134 e. The van der Waals surface area contributed by atoms with Crippen molar-refractivity contribution in [3.8, 4) is 5.69 Å². The Hall–Kier alpha value is -2.69. The van der Waals surface area contributed by atoms with Gasteiger partial charge >= 0.3 is 0 Å². The Bertz CT molecular complexity index is 790. The number of para-hydroxylation sites is 1. The molecule has 0 spiro atoms. The van der Waals surface area contributed by atoms with Gasteiger partial charge in [0, 0.05) is 12.1 Å². The molecular weight excluding hydrogens is 274 g/mol. The van der Waals surface area contributed by atoms with Crippen LogP contribution in [0.5, 0.6) is 0 Å². The van der Waals surface area contributed by atoms with E-state index in [0.717, 1.165) is 28.7 Å². The predicted molar refractivity (Wildman–Crippen MR) is 85.6 cm³/mol. The maximum absolute atomic E-state index is 4.59. The van der Waals surface area contributed by atoms with Crippen molar-refractivity contribution < 1.29 is 0 Å². The minimum atomic E-state index is 0.551. The van der Waals surface area contributed by atoms with Gasteiger partial charge in [-0.2, -0.15) is 5.10 Å². The zero-order valence-electron chi connectivity index (χ0n) is 12.4. The monoisotopic (exact) mass is 291 g/mol. The van der Waals surface area contributed by atoms with Crippen molar-refractivity contribution in [1.29, 1.82) is 0 Å². The van der Waals surface area contributed by atoms with Gasteiger partial charge in [-0.15, -0.1) is 0 Å². The van der Waals surface area contributed by atoms with Crippen LogP contribution in [-0.2, 0) is 0 Å². The molecule has 0 amide bonds. The normalized spacial score (nSPS) is 14.0. The molecular formula is C17H17N5. The molecule has 22 heavy (non-hydrogen) atoms. The van der Waals surface area contributed by atoms with E-state index >= 15 is 0 Å². The van der Waals surface area contributed by atoms with Crippen LogP contribution in [0, 0.1) is 6.92 Å². The van der Waals surface area contributed by atoms with Gasteiger partial charge in [0.05, 0.1) is 23.3 Å². The Morgan fingerprint density at radius 3 is 2.73 bits per heavy atom. The van der Waals surface area contributed by atoms with Gasteiger partial charge in [0.1, 0.15) is 11.6 Å². The van der Waals surface area contributed by atoms with Crippen molar-refractivity contribution in [2.75, 3.05) is 5.32 Å². The fourth-order valence-corrected chi connectivity index (χ4v) is 2.48. The highest BCUT2D eigenvalue weighted by Gasteiger charge is 2.26. The van der Waals surface area contributed by atoms with E-state index in [4.69, 9.17) is 0 Å². The first kappa shape index (κ1) is 13.0. The summed E-state index contributed by atoms with van der Waals surface area (Å²) in [5.74, 6) is 2.32. The molecule has 1 aromatic carbocycles. The summed E-state index contributed by atoms with van der Waals surface area (Å²) in [7, 11) is 0. The lowest BCUT2D eigenvalue weighted by Crippen LogP contribution is -2.01. The van der Waals surface area contributed by atoms with Crippen LogP contribution < -0.4 is 5.32 Å². The molecule has 1 aliphatic carbocycles. The lowest BCUT2D eigenvalue weighted by atomic mass is 10.3. The van der Waals surface area contributed by atoms with E-state index in [1.54, 1.807) is 0 Å². The summed E-state index contributed by atoms with van der Waals surface area (Å²) in [6, 6.07) is 12.0. The lowest BCUT2D eigenvalue weighted by Gasteiger charge is -2.07. The van der Waals surface area contributed by atoms with Gasteiger partial charge < -0.3 is 5.32 Å². The molecule has 110 valence electrons. The molecule has 0 bridgehead atoms. The number of hydrogen-bond acceptors (Lipinski definition) is 4. The highest BCUT2D eigenvalue weighted by molar-refractivity contribution is 5.58. The van der Waals surface area contributed by atoms with Gasteiger partial charge in [0.25, 0.3) is 0 Å². The molecule has 2 heterocycles. The summed E-state index contributed by atoms with van der Waals surface area (Å²) < 4.78 is 1.92. The second-order valence-electron chi connectivity index (χ2n) is 5.59. The first-order chi connectivity index (χ1) is 10.8. The van der Waals surface area contributed by atoms with Crippen molar-refractivity contribution in [3.05, 3.63) is 60.3 Å². The van der Waals surface area contributed by atoms with Gasteiger partial charge in [0.15, 0.2) is 0 Å². The number of anilines is 2. The van der Waals surface area contributed by atoms with Crippen LogP contribution in [0.25, 0.3) is 5.69 Å². The molecule has 5 nitrogen and oxygen atoms in total. The van der Waals surface area contributed by atoms with Crippen LogP contribution in [0.3, 0.4) is 0 Å². The second kappa shape index (κ2) is 5.26. The van der Waals surface area contributed by atoms with Crippen LogP contribution in [0.15, 0.2) is 48.8 Å². The van der Waals surface area contributed by atoms with E-state index < -0.39 is 0 Å². The number of nitrogens with one attached hydrogen (secondary N) is 1. The van der Waals surface area contributed by atoms with Crippen LogP contribution in [0.2, 0.25) is 0 Å². The Morgan fingerprint density at radius 1 is 1.14 bits per heavy atom. The fourth-order valence-electron chi connectivity index (χ4n) is 2.48. The maximum Gasteiger partial charge on any atom is 0.134 e. The maximum atomic E-state index is 4.59. The molecule has 0 aliphatic heterocycles. The molecule has 1 saturated carbocycles. The minimum absolute atomic E-state index is 0.551. The third-order valence-electron chi connectivity index (χ3n) is 3.89. The second-order valence-corrected chi connectivity index (χ2v) is 5.59. The Labute approximate surface area is 129 Å². The van der Waals surface area contributed by atoms with Crippen molar-refractivity contribution in [2.24, 2.45) is 0 Å². The van der Waals surface area contributed by atoms with Crippen molar-refractivity contribution >= 4 is 11.5 Å². The van der Waals surface area contributed by atoms with E-state index in [9.17, 15) is 0 Å². The van der Waals surface area contributed by atoms with Crippen molar-refractivity contribution in [2.45, 2.75) is 25.7 Å². The van der Waals surface area contributed by atoms with E-state index in [-0.39, 0.29) is 0 Å². The van der Waals surface area contributed by atoms with E-state index in [2.05, 4.69) is 20.4 Å². The highest BCUT2D eigenvalue weighted by atomic mass is 15.3. The summed E-state index contributed by atoms with van der Waals surface area (Å²) >= 11 is 0. The number of aromatic nitrogens is 4. The third kappa shape index (κ3) is 2.45. The van der Waals surface area contributed by atoms with Crippen molar-refractivity contribution in [1.82, 2.24) is 19.7 Å². The predicted octanol–water partition coefficient (Wildman–Crippen LogP) is 3.59. The topological polar surface area (TPSA) is 55.6 Å². The quantitative estimate of drug-likeness (QED) is 0.798. The molecule has 2 aromatic heterocycles. The van der Waals surface area contributed by atoms with Crippen LogP contribution in [0.1, 0.15) is 30.3 Å². The number of benzene rings is 1. The average molecular weight is 291 g/mol. The van der Waals surface area contributed by atoms with Crippen LogP contribution >= 0.6 is 0 Å². The van der Waals surface area contributed by atoms with Crippen LogP contribution in [0.4, 0.5) is 11.5 Å². The van der Waals surface area contributed by atoms with Gasteiger partial charge in [-0.25, -0.2) is 14.6 Å². The molecule has 3 aromatic rings. The summed E-state index contributed by atoms with van der Waals surface area (Å²) in [4.78, 5) is 8.94. The third-order valence-corrected chi connectivity index (χ3v) is 3.89. The number of nitrogens with zero attached hydrogens (tertiary/aromatic N) is 4. The highest BCUT2D eigenvalue weighted by Crippen LogP contribution is 2.38.